The summed E-state index contributed by atoms with van der Waals surface area (Å²) < 4.78 is 5.44. The lowest BCUT2D eigenvalue weighted by Gasteiger charge is -2.33. The Labute approximate surface area is 113 Å². The number of anilines is 1. The molecule has 1 aliphatic heterocycles. The molecule has 2 heterocycles. The second kappa shape index (κ2) is 5.63. The maximum Gasteiger partial charge on any atom is 0.139 e. The van der Waals surface area contributed by atoms with Crippen LogP contribution in [-0.2, 0) is 4.74 Å². The van der Waals surface area contributed by atoms with E-state index in [0.29, 0.717) is 4.99 Å². The Kier molecular flexibility index (Phi) is 4.14. The van der Waals surface area contributed by atoms with E-state index in [1.807, 2.05) is 19.1 Å². The number of ether oxygens (including phenoxy) is 1. The summed E-state index contributed by atoms with van der Waals surface area (Å²) in [7, 11) is 1.76. The number of aryl methyl sites for hydroxylation is 1. The molecule has 1 aliphatic rings. The Morgan fingerprint density at radius 2 is 2.33 bits per heavy atom. The van der Waals surface area contributed by atoms with Crippen LogP contribution in [0.4, 0.5) is 5.82 Å². The minimum absolute atomic E-state index is 0.264. The fourth-order valence-electron chi connectivity index (χ4n) is 2.30. The van der Waals surface area contributed by atoms with Crippen molar-refractivity contribution < 1.29 is 4.74 Å². The zero-order chi connectivity index (χ0) is 13.1. The summed E-state index contributed by atoms with van der Waals surface area (Å²) in [6.45, 7) is 3.80. The monoisotopic (exact) mass is 265 g/mol. The molecule has 1 saturated heterocycles. The number of nitrogens with zero attached hydrogens (tertiary/aromatic N) is 2. The topological polar surface area (TPSA) is 51.4 Å². The van der Waals surface area contributed by atoms with Gasteiger partial charge >= 0.3 is 0 Å². The molecule has 0 spiro atoms. The number of pyridine rings is 1. The third kappa shape index (κ3) is 2.79. The third-order valence-electron chi connectivity index (χ3n) is 3.29. The summed E-state index contributed by atoms with van der Waals surface area (Å²) in [5.41, 5.74) is 7.60. The average Bonchev–Trinajstić information content (AvgIpc) is 2.38. The lowest BCUT2D eigenvalue weighted by Crippen LogP contribution is -2.40. The van der Waals surface area contributed by atoms with Gasteiger partial charge in [0.1, 0.15) is 10.8 Å². The highest BCUT2D eigenvalue weighted by molar-refractivity contribution is 7.80. The Bertz CT molecular complexity index is 450. The Balaban J connectivity index is 2.31. The molecule has 1 unspecified atom stereocenters. The van der Waals surface area contributed by atoms with E-state index in [9.17, 15) is 0 Å². The van der Waals surface area contributed by atoms with E-state index in [1.54, 1.807) is 7.11 Å². The summed E-state index contributed by atoms with van der Waals surface area (Å²) >= 11 is 5.10. The maximum absolute atomic E-state index is 5.77. The molecule has 98 valence electrons. The average molecular weight is 265 g/mol. The molecule has 0 saturated carbocycles. The Hall–Kier alpha value is -1.20. The van der Waals surface area contributed by atoms with Crippen LogP contribution in [0.5, 0.6) is 0 Å². The van der Waals surface area contributed by atoms with Crippen LogP contribution in [0.25, 0.3) is 0 Å². The highest BCUT2D eigenvalue weighted by Crippen LogP contribution is 2.23. The minimum atomic E-state index is 0.264. The minimum Gasteiger partial charge on any atom is -0.389 e. The van der Waals surface area contributed by atoms with Gasteiger partial charge in [0.25, 0.3) is 0 Å². The molecule has 4 nitrogen and oxygen atoms in total. The molecular weight excluding hydrogens is 246 g/mol. The van der Waals surface area contributed by atoms with Crippen molar-refractivity contribution in [2.75, 3.05) is 25.1 Å². The quantitative estimate of drug-likeness (QED) is 0.842. The van der Waals surface area contributed by atoms with Crippen LogP contribution in [0.2, 0.25) is 0 Å². The lowest BCUT2D eigenvalue weighted by molar-refractivity contribution is 0.0891. The van der Waals surface area contributed by atoms with Crippen LogP contribution < -0.4 is 10.6 Å². The van der Waals surface area contributed by atoms with Crippen molar-refractivity contribution in [3.8, 4) is 0 Å². The predicted molar refractivity (Wildman–Crippen MR) is 77.1 cm³/mol. The van der Waals surface area contributed by atoms with Crippen molar-refractivity contribution in [3.63, 3.8) is 0 Å². The van der Waals surface area contributed by atoms with Crippen LogP contribution >= 0.6 is 12.2 Å². The summed E-state index contributed by atoms with van der Waals surface area (Å²) in [5.74, 6) is 0.893. The molecule has 0 amide bonds. The molecular formula is C13H19N3OS. The second-order valence-electron chi connectivity index (χ2n) is 4.63. The lowest BCUT2D eigenvalue weighted by atomic mass is 10.1. The first-order valence-electron chi connectivity index (χ1n) is 6.17. The maximum atomic E-state index is 5.77. The Morgan fingerprint density at radius 3 is 3.00 bits per heavy atom. The number of thiocarbonyl (C=S) groups is 1. The fraction of sp³-hybridized carbons (Fsp3) is 0.538. The highest BCUT2D eigenvalue weighted by Gasteiger charge is 2.23. The van der Waals surface area contributed by atoms with Crippen molar-refractivity contribution in [3.05, 3.63) is 23.4 Å². The summed E-state index contributed by atoms with van der Waals surface area (Å²) in [5, 5.41) is 0. The van der Waals surface area contributed by atoms with E-state index in [-0.39, 0.29) is 6.10 Å². The molecule has 1 aromatic rings. The van der Waals surface area contributed by atoms with E-state index in [0.717, 1.165) is 43.0 Å². The van der Waals surface area contributed by atoms with Gasteiger partial charge in [0.2, 0.25) is 0 Å². The largest absolute Gasteiger partial charge is 0.389 e. The fourth-order valence-corrected chi connectivity index (χ4v) is 2.46. The smallest absolute Gasteiger partial charge is 0.139 e. The SMILES string of the molecule is COC1CCCN(c2nc(C)ccc2C(N)=S)C1. The number of aromatic nitrogens is 1. The second-order valence-corrected chi connectivity index (χ2v) is 5.07. The van der Waals surface area contributed by atoms with Crippen LogP contribution in [0.3, 0.4) is 0 Å². The van der Waals surface area contributed by atoms with E-state index in [1.165, 1.54) is 0 Å². The van der Waals surface area contributed by atoms with Gasteiger partial charge < -0.3 is 15.4 Å². The zero-order valence-corrected chi connectivity index (χ0v) is 11.7. The summed E-state index contributed by atoms with van der Waals surface area (Å²) in [6, 6.07) is 3.89. The molecule has 1 fully saturated rings. The first kappa shape index (κ1) is 13.2. The number of rotatable bonds is 3. The van der Waals surface area contributed by atoms with E-state index < -0.39 is 0 Å². The van der Waals surface area contributed by atoms with Gasteiger partial charge in [-0.25, -0.2) is 4.98 Å². The van der Waals surface area contributed by atoms with Gasteiger partial charge in [-0.2, -0.15) is 0 Å². The molecule has 18 heavy (non-hydrogen) atoms. The van der Waals surface area contributed by atoms with Crippen molar-refractivity contribution in [2.45, 2.75) is 25.9 Å². The van der Waals surface area contributed by atoms with Gasteiger partial charge in [0, 0.05) is 25.9 Å². The van der Waals surface area contributed by atoms with E-state index in [2.05, 4.69) is 9.88 Å². The van der Waals surface area contributed by atoms with Gasteiger partial charge in [0.05, 0.1) is 11.7 Å². The number of hydrogen-bond donors (Lipinski definition) is 1. The first-order valence-corrected chi connectivity index (χ1v) is 6.58. The van der Waals surface area contributed by atoms with Crippen LogP contribution in [0.1, 0.15) is 24.1 Å². The van der Waals surface area contributed by atoms with E-state index in [4.69, 9.17) is 22.7 Å². The highest BCUT2D eigenvalue weighted by atomic mass is 32.1. The molecule has 1 atom stereocenters. The molecule has 2 N–H and O–H groups in total. The Morgan fingerprint density at radius 1 is 1.56 bits per heavy atom. The third-order valence-corrected chi connectivity index (χ3v) is 3.51. The van der Waals surface area contributed by atoms with Crippen molar-refractivity contribution >= 4 is 23.0 Å². The van der Waals surface area contributed by atoms with Crippen molar-refractivity contribution in [1.29, 1.82) is 0 Å². The van der Waals surface area contributed by atoms with Crippen LogP contribution in [0, 0.1) is 6.92 Å². The van der Waals surface area contributed by atoms with Crippen LogP contribution in [-0.4, -0.2) is 36.3 Å². The molecule has 0 radical (unpaired) electrons. The molecule has 0 aromatic carbocycles. The first-order chi connectivity index (χ1) is 8.61. The van der Waals surface area contributed by atoms with Gasteiger partial charge in [-0.1, -0.05) is 12.2 Å². The molecule has 1 aromatic heterocycles. The summed E-state index contributed by atoms with van der Waals surface area (Å²) in [4.78, 5) is 7.21. The number of methoxy groups -OCH3 is 1. The van der Waals surface area contributed by atoms with Gasteiger partial charge in [0.15, 0.2) is 0 Å². The molecule has 5 heteroatoms. The normalized spacial score (nSPS) is 19.9. The number of nitrogens with two attached hydrogens (primary N) is 1. The molecule has 2 rings (SSSR count). The van der Waals surface area contributed by atoms with Gasteiger partial charge in [-0.05, 0) is 31.9 Å². The number of hydrogen-bond acceptors (Lipinski definition) is 4. The summed E-state index contributed by atoms with van der Waals surface area (Å²) in [6.07, 6.45) is 2.46. The van der Waals surface area contributed by atoms with E-state index >= 15 is 0 Å². The van der Waals surface area contributed by atoms with Gasteiger partial charge in [-0.15, -0.1) is 0 Å². The predicted octanol–water partition coefficient (Wildman–Crippen LogP) is 1.64. The van der Waals surface area contributed by atoms with Crippen molar-refractivity contribution in [2.24, 2.45) is 5.73 Å². The zero-order valence-electron chi connectivity index (χ0n) is 10.8. The van der Waals surface area contributed by atoms with Crippen LogP contribution in [0.15, 0.2) is 12.1 Å². The van der Waals surface area contributed by atoms with Crippen molar-refractivity contribution in [1.82, 2.24) is 4.98 Å². The van der Waals surface area contributed by atoms with Gasteiger partial charge in [-0.3, -0.25) is 0 Å². The molecule has 0 aliphatic carbocycles. The molecule has 0 bridgehead atoms. The standard InChI is InChI=1S/C13H19N3OS/c1-9-5-6-11(12(14)18)13(15-9)16-7-3-4-10(8-16)17-2/h5-6,10H,3-4,7-8H2,1-2H3,(H2,14,18). The number of piperidine rings is 1.